The van der Waals surface area contributed by atoms with Crippen molar-refractivity contribution in [1.82, 2.24) is 9.62 Å². The Hall–Kier alpha value is -1.34. The quantitative estimate of drug-likeness (QED) is 0.889. The van der Waals surface area contributed by atoms with Crippen LogP contribution in [-0.4, -0.2) is 44.0 Å². The van der Waals surface area contributed by atoms with Gasteiger partial charge in [-0.15, -0.1) is 0 Å². The summed E-state index contributed by atoms with van der Waals surface area (Å²) in [6.45, 7) is 2.70. The number of nitrogens with one attached hydrogen (secondary N) is 1. The highest BCUT2D eigenvalue weighted by molar-refractivity contribution is 7.88. The van der Waals surface area contributed by atoms with Crippen molar-refractivity contribution >= 4 is 15.9 Å². The molecule has 1 fully saturated rings. The zero-order valence-corrected chi connectivity index (χ0v) is 11.9. The number of amides is 1. The maximum Gasteiger partial charge on any atom is 0.287 e. The second-order valence-corrected chi connectivity index (χ2v) is 6.82. The van der Waals surface area contributed by atoms with E-state index in [2.05, 4.69) is 5.32 Å². The number of hydrogen-bond acceptors (Lipinski definition) is 4. The molecule has 2 rings (SSSR count). The molecule has 1 aliphatic rings. The molecule has 0 saturated carbocycles. The Labute approximate surface area is 112 Å². The van der Waals surface area contributed by atoms with Crippen molar-refractivity contribution in [2.45, 2.75) is 25.8 Å². The number of aryl methyl sites for hydroxylation is 1. The van der Waals surface area contributed by atoms with Crippen molar-refractivity contribution in [3.8, 4) is 0 Å². The molecule has 0 atom stereocenters. The van der Waals surface area contributed by atoms with Gasteiger partial charge in [0.05, 0.1) is 12.5 Å². The summed E-state index contributed by atoms with van der Waals surface area (Å²) >= 11 is 0. The summed E-state index contributed by atoms with van der Waals surface area (Å²) < 4.78 is 29.3. The topological polar surface area (TPSA) is 79.6 Å². The zero-order chi connectivity index (χ0) is 14.0. The van der Waals surface area contributed by atoms with Crippen LogP contribution in [0.3, 0.4) is 0 Å². The summed E-state index contributed by atoms with van der Waals surface area (Å²) in [6.07, 6.45) is 3.94. The lowest BCUT2D eigenvalue weighted by Gasteiger charge is -2.30. The van der Waals surface area contributed by atoms with Gasteiger partial charge in [-0.2, -0.15) is 0 Å². The first kappa shape index (κ1) is 14.1. The summed E-state index contributed by atoms with van der Waals surface area (Å²) in [4.78, 5) is 11.9. The van der Waals surface area contributed by atoms with E-state index in [1.165, 1.54) is 16.8 Å². The Morgan fingerprint density at radius 3 is 2.53 bits per heavy atom. The van der Waals surface area contributed by atoms with Gasteiger partial charge in [0.25, 0.3) is 5.91 Å². The van der Waals surface area contributed by atoms with Crippen LogP contribution >= 0.6 is 0 Å². The third kappa shape index (κ3) is 3.36. The molecule has 7 heteroatoms. The highest BCUT2D eigenvalue weighted by Crippen LogP contribution is 2.15. The van der Waals surface area contributed by atoms with Gasteiger partial charge in [0, 0.05) is 24.7 Å². The average Bonchev–Trinajstić information content (AvgIpc) is 2.75. The molecule has 0 spiro atoms. The monoisotopic (exact) mass is 286 g/mol. The number of furan rings is 1. The van der Waals surface area contributed by atoms with E-state index in [0.717, 1.165) is 5.56 Å². The average molecular weight is 286 g/mol. The minimum Gasteiger partial charge on any atom is -0.459 e. The first-order valence-electron chi connectivity index (χ1n) is 6.18. The first-order chi connectivity index (χ1) is 8.88. The van der Waals surface area contributed by atoms with Gasteiger partial charge in [-0.25, -0.2) is 12.7 Å². The molecule has 1 amide bonds. The van der Waals surface area contributed by atoms with E-state index in [1.807, 2.05) is 6.92 Å². The van der Waals surface area contributed by atoms with Crippen LogP contribution in [0.4, 0.5) is 0 Å². The number of carbonyl (C=O) groups excluding carboxylic acids is 1. The van der Waals surface area contributed by atoms with Crippen LogP contribution in [0.15, 0.2) is 16.7 Å². The van der Waals surface area contributed by atoms with Gasteiger partial charge >= 0.3 is 0 Å². The first-order valence-corrected chi connectivity index (χ1v) is 8.03. The van der Waals surface area contributed by atoms with Crippen LogP contribution in [0.5, 0.6) is 0 Å². The minimum absolute atomic E-state index is 0.00463. The van der Waals surface area contributed by atoms with Gasteiger partial charge in [0.2, 0.25) is 10.0 Å². The molecule has 0 aromatic carbocycles. The lowest BCUT2D eigenvalue weighted by molar-refractivity contribution is 0.0895. The van der Waals surface area contributed by atoms with Crippen LogP contribution in [0.25, 0.3) is 0 Å². The maximum atomic E-state index is 11.9. The molecule has 6 nitrogen and oxygen atoms in total. The number of nitrogens with zero attached hydrogens (tertiary/aromatic N) is 1. The Bertz CT molecular complexity index is 556. The van der Waals surface area contributed by atoms with Crippen LogP contribution in [0, 0.1) is 6.92 Å². The van der Waals surface area contributed by atoms with E-state index in [0.29, 0.717) is 31.7 Å². The van der Waals surface area contributed by atoms with Gasteiger partial charge in [0.1, 0.15) is 0 Å². The SMILES string of the molecule is Cc1ccoc1C(=O)NC1CCN(S(C)(=O)=O)CC1. The van der Waals surface area contributed by atoms with E-state index in [4.69, 9.17) is 4.42 Å². The summed E-state index contributed by atoms with van der Waals surface area (Å²) in [7, 11) is -3.13. The van der Waals surface area contributed by atoms with Crippen molar-refractivity contribution in [3.05, 3.63) is 23.7 Å². The second kappa shape index (κ2) is 5.34. The maximum absolute atomic E-state index is 11.9. The van der Waals surface area contributed by atoms with Crippen molar-refractivity contribution in [2.75, 3.05) is 19.3 Å². The Balaban J connectivity index is 1.90. The lowest BCUT2D eigenvalue weighted by Crippen LogP contribution is -2.46. The third-order valence-corrected chi connectivity index (χ3v) is 4.63. The highest BCUT2D eigenvalue weighted by atomic mass is 32.2. The fourth-order valence-corrected chi connectivity index (χ4v) is 3.06. The minimum atomic E-state index is -3.13. The molecule has 0 aliphatic carbocycles. The molecular formula is C12H18N2O4S. The van der Waals surface area contributed by atoms with Gasteiger partial charge < -0.3 is 9.73 Å². The van der Waals surface area contributed by atoms with E-state index >= 15 is 0 Å². The molecule has 0 bridgehead atoms. The van der Waals surface area contributed by atoms with Gasteiger partial charge in [-0.1, -0.05) is 0 Å². The predicted octanol–water partition coefficient (Wildman–Crippen LogP) is 0.742. The molecule has 0 radical (unpaired) electrons. The van der Waals surface area contributed by atoms with Crippen molar-refractivity contribution in [2.24, 2.45) is 0 Å². The second-order valence-electron chi connectivity index (χ2n) is 4.84. The molecule has 2 heterocycles. The molecule has 1 aromatic rings. The van der Waals surface area contributed by atoms with Crippen molar-refractivity contribution < 1.29 is 17.6 Å². The fourth-order valence-electron chi connectivity index (χ4n) is 2.19. The number of rotatable bonds is 3. The number of carbonyl (C=O) groups is 1. The van der Waals surface area contributed by atoms with Crippen LogP contribution in [-0.2, 0) is 10.0 Å². The number of piperidine rings is 1. The Kier molecular flexibility index (Phi) is 3.96. The summed E-state index contributed by atoms with van der Waals surface area (Å²) in [5.41, 5.74) is 0.797. The summed E-state index contributed by atoms with van der Waals surface area (Å²) in [6, 6.07) is 1.73. The van der Waals surface area contributed by atoms with E-state index in [-0.39, 0.29) is 11.9 Å². The highest BCUT2D eigenvalue weighted by Gasteiger charge is 2.26. The Morgan fingerprint density at radius 1 is 1.42 bits per heavy atom. The normalized spacial score (nSPS) is 18.4. The lowest BCUT2D eigenvalue weighted by atomic mass is 10.1. The van der Waals surface area contributed by atoms with Gasteiger partial charge in [-0.05, 0) is 25.8 Å². The van der Waals surface area contributed by atoms with Crippen molar-refractivity contribution in [1.29, 1.82) is 0 Å². The number of sulfonamides is 1. The molecule has 1 saturated heterocycles. The molecule has 1 N–H and O–H groups in total. The Morgan fingerprint density at radius 2 is 2.05 bits per heavy atom. The predicted molar refractivity (Wildman–Crippen MR) is 70.4 cm³/mol. The smallest absolute Gasteiger partial charge is 0.287 e. The van der Waals surface area contributed by atoms with Crippen molar-refractivity contribution in [3.63, 3.8) is 0 Å². The molecule has 1 aromatic heterocycles. The molecule has 106 valence electrons. The molecule has 19 heavy (non-hydrogen) atoms. The largest absolute Gasteiger partial charge is 0.459 e. The van der Waals surface area contributed by atoms with Crippen LogP contribution < -0.4 is 5.32 Å². The molecule has 0 unspecified atom stereocenters. The summed E-state index contributed by atoms with van der Waals surface area (Å²) in [5.74, 6) is 0.0887. The van der Waals surface area contributed by atoms with Crippen LogP contribution in [0.2, 0.25) is 0 Å². The number of hydrogen-bond donors (Lipinski definition) is 1. The van der Waals surface area contributed by atoms with Gasteiger partial charge in [-0.3, -0.25) is 4.79 Å². The van der Waals surface area contributed by atoms with Crippen LogP contribution in [0.1, 0.15) is 29.0 Å². The summed E-state index contributed by atoms with van der Waals surface area (Å²) in [5, 5.41) is 2.88. The zero-order valence-electron chi connectivity index (χ0n) is 11.0. The van der Waals surface area contributed by atoms with Gasteiger partial charge in [0.15, 0.2) is 5.76 Å². The van der Waals surface area contributed by atoms with E-state index < -0.39 is 10.0 Å². The standard InChI is InChI=1S/C12H18N2O4S/c1-9-5-8-18-11(9)12(15)13-10-3-6-14(7-4-10)19(2,16)17/h5,8,10H,3-4,6-7H2,1-2H3,(H,13,15). The molecular weight excluding hydrogens is 268 g/mol. The van der Waals surface area contributed by atoms with E-state index in [9.17, 15) is 13.2 Å². The van der Waals surface area contributed by atoms with E-state index in [1.54, 1.807) is 6.07 Å². The fraction of sp³-hybridized carbons (Fsp3) is 0.583. The molecule has 1 aliphatic heterocycles. The third-order valence-electron chi connectivity index (χ3n) is 3.33.